The van der Waals surface area contributed by atoms with Crippen LogP contribution in [0, 0.1) is 0 Å². The van der Waals surface area contributed by atoms with Gasteiger partial charge in [0.25, 0.3) is 0 Å². The summed E-state index contributed by atoms with van der Waals surface area (Å²) in [5.41, 5.74) is 3.73. The second kappa shape index (κ2) is 17.0. The predicted octanol–water partition coefficient (Wildman–Crippen LogP) is 4.80. The van der Waals surface area contributed by atoms with Crippen molar-refractivity contribution < 1.29 is 14.4 Å². The van der Waals surface area contributed by atoms with Crippen molar-refractivity contribution in [3.05, 3.63) is 76.3 Å². The zero-order chi connectivity index (χ0) is 30.3. The van der Waals surface area contributed by atoms with Crippen molar-refractivity contribution >= 4 is 45.7 Å². The SMILES string of the molecule is CCCCNC(=O)Cc1cccc(CC(=O)Nc2nnc(CCCCC3=NN=C(NC(=O)Cc4ccccc4)CC3)s2)c1. The molecule has 0 spiro atoms. The molecule has 0 radical (unpaired) electrons. The van der Waals surface area contributed by atoms with Crippen molar-refractivity contribution in [2.24, 2.45) is 10.2 Å². The first-order valence-corrected chi connectivity index (χ1v) is 15.7. The van der Waals surface area contributed by atoms with Crippen LogP contribution < -0.4 is 16.0 Å². The van der Waals surface area contributed by atoms with Crippen LogP contribution >= 0.6 is 11.3 Å². The van der Waals surface area contributed by atoms with Crippen molar-refractivity contribution in [2.75, 3.05) is 11.9 Å². The molecule has 43 heavy (non-hydrogen) atoms. The molecular weight excluding hydrogens is 562 g/mol. The zero-order valence-corrected chi connectivity index (χ0v) is 25.4. The lowest BCUT2D eigenvalue weighted by Crippen LogP contribution is -2.33. The van der Waals surface area contributed by atoms with Gasteiger partial charge in [-0.15, -0.1) is 15.3 Å². The molecule has 2 aromatic carbocycles. The average molecular weight is 602 g/mol. The molecule has 0 bridgehead atoms. The van der Waals surface area contributed by atoms with Gasteiger partial charge >= 0.3 is 0 Å². The Balaban J connectivity index is 1.13. The zero-order valence-electron chi connectivity index (χ0n) is 24.6. The van der Waals surface area contributed by atoms with Gasteiger partial charge in [0.2, 0.25) is 22.9 Å². The molecule has 10 nitrogen and oxygen atoms in total. The van der Waals surface area contributed by atoms with Gasteiger partial charge in [0, 0.05) is 25.1 Å². The minimum atomic E-state index is -0.168. The van der Waals surface area contributed by atoms with Crippen LogP contribution in [0.15, 0.2) is 64.8 Å². The monoisotopic (exact) mass is 601 g/mol. The minimum Gasteiger partial charge on any atom is -0.356 e. The number of rotatable bonds is 15. The summed E-state index contributed by atoms with van der Waals surface area (Å²) < 4.78 is 0. The van der Waals surface area contributed by atoms with Gasteiger partial charge in [0.05, 0.1) is 19.3 Å². The summed E-state index contributed by atoms with van der Waals surface area (Å²) in [7, 11) is 0. The Morgan fingerprint density at radius 3 is 2.19 bits per heavy atom. The standard InChI is InChI=1S/C32H39N7O3S/c1-2-3-18-33-28(40)21-24-12-9-13-25(19-24)22-30(42)35-32-39-38-31(43-32)15-8-7-14-26-16-17-27(37-36-26)34-29(41)20-23-10-5-4-6-11-23/h4-6,9-13,19H,2-3,7-8,14-18,20-22H2,1H3,(H,33,40)(H,34,37,41)(H,35,39,42). The highest BCUT2D eigenvalue weighted by molar-refractivity contribution is 7.15. The van der Waals surface area contributed by atoms with Crippen LogP contribution in [0.1, 0.15) is 73.6 Å². The number of hydrogen-bond acceptors (Lipinski definition) is 8. The summed E-state index contributed by atoms with van der Waals surface area (Å²) in [6.07, 6.45) is 7.76. The summed E-state index contributed by atoms with van der Waals surface area (Å²) >= 11 is 1.39. The molecule has 1 aliphatic rings. The van der Waals surface area contributed by atoms with E-state index in [1.807, 2.05) is 54.6 Å². The molecular formula is C32H39N7O3S. The Morgan fingerprint density at radius 2 is 1.44 bits per heavy atom. The Morgan fingerprint density at radius 1 is 0.744 bits per heavy atom. The highest BCUT2D eigenvalue weighted by Crippen LogP contribution is 2.19. The number of amidine groups is 1. The number of carbonyl (C=O) groups excluding carboxylic acids is 3. The third-order valence-electron chi connectivity index (χ3n) is 6.85. The molecule has 0 atom stereocenters. The number of unbranched alkanes of at least 4 members (excludes halogenated alkanes) is 2. The first kappa shape index (κ1) is 31.7. The number of aromatic nitrogens is 2. The van der Waals surface area contributed by atoms with E-state index in [-0.39, 0.29) is 24.1 Å². The van der Waals surface area contributed by atoms with E-state index in [1.54, 1.807) is 0 Å². The molecule has 0 fully saturated rings. The van der Waals surface area contributed by atoms with E-state index in [1.165, 1.54) is 11.3 Å². The highest BCUT2D eigenvalue weighted by atomic mass is 32.1. The number of benzene rings is 2. The Hall–Kier alpha value is -4.25. The number of carbonyl (C=O) groups is 3. The predicted molar refractivity (Wildman–Crippen MR) is 170 cm³/mol. The van der Waals surface area contributed by atoms with Crippen LogP contribution in [0.4, 0.5) is 5.13 Å². The van der Waals surface area contributed by atoms with Gasteiger partial charge in [0.1, 0.15) is 10.8 Å². The minimum absolute atomic E-state index is 0.00837. The molecule has 4 rings (SSSR count). The number of amides is 3. The summed E-state index contributed by atoms with van der Waals surface area (Å²) in [5.74, 6) is 0.361. The highest BCUT2D eigenvalue weighted by Gasteiger charge is 2.14. The first-order chi connectivity index (χ1) is 21.0. The molecule has 226 valence electrons. The number of nitrogens with zero attached hydrogens (tertiary/aromatic N) is 4. The van der Waals surface area contributed by atoms with E-state index in [0.717, 1.165) is 72.4 Å². The normalized spacial score (nSPS) is 12.7. The summed E-state index contributed by atoms with van der Waals surface area (Å²) in [5, 5.41) is 26.9. The fraction of sp³-hybridized carbons (Fsp3) is 0.406. The Kier molecular flexibility index (Phi) is 12.5. The Labute approximate surface area is 256 Å². The number of nitrogens with one attached hydrogen (secondary N) is 3. The molecule has 11 heteroatoms. The van der Waals surface area contributed by atoms with E-state index in [4.69, 9.17) is 0 Å². The lowest BCUT2D eigenvalue weighted by Gasteiger charge is -2.13. The van der Waals surface area contributed by atoms with E-state index in [9.17, 15) is 14.4 Å². The van der Waals surface area contributed by atoms with Crippen molar-refractivity contribution in [1.29, 1.82) is 0 Å². The van der Waals surface area contributed by atoms with Gasteiger partial charge in [-0.25, -0.2) is 0 Å². The molecule has 3 amide bonds. The van der Waals surface area contributed by atoms with Crippen LogP contribution in [0.25, 0.3) is 0 Å². The van der Waals surface area contributed by atoms with Crippen molar-refractivity contribution in [3.63, 3.8) is 0 Å². The topological polar surface area (TPSA) is 138 Å². The van der Waals surface area contributed by atoms with Crippen LogP contribution in [0.2, 0.25) is 0 Å². The second-order valence-corrected chi connectivity index (χ2v) is 11.6. The van der Waals surface area contributed by atoms with Gasteiger partial charge in [-0.05, 0) is 48.8 Å². The van der Waals surface area contributed by atoms with Gasteiger partial charge < -0.3 is 16.0 Å². The number of aryl methyl sites for hydroxylation is 1. The van der Waals surface area contributed by atoms with Crippen LogP contribution in [0.3, 0.4) is 0 Å². The maximum Gasteiger partial charge on any atom is 0.230 e. The molecule has 1 aromatic heterocycles. The largest absolute Gasteiger partial charge is 0.356 e. The van der Waals surface area contributed by atoms with Crippen LogP contribution in [0.5, 0.6) is 0 Å². The molecule has 2 heterocycles. The van der Waals surface area contributed by atoms with E-state index < -0.39 is 0 Å². The molecule has 3 N–H and O–H groups in total. The van der Waals surface area contributed by atoms with Gasteiger partial charge in [-0.1, -0.05) is 79.3 Å². The van der Waals surface area contributed by atoms with Crippen LogP contribution in [-0.2, 0) is 40.1 Å². The molecule has 3 aromatic rings. The molecule has 1 aliphatic heterocycles. The molecule has 0 saturated heterocycles. The third-order valence-corrected chi connectivity index (χ3v) is 7.74. The van der Waals surface area contributed by atoms with Crippen molar-refractivity contribution in [1.82, 2.24) is 20.8 Å². The number of hydrogen-bond donors (Lipinski definition) is 3. The lowest BCUT2D eigenvalue weighted by atomic mass is 10.1. The van der Waals surface area contributed by atoms with Gasteiger partial charge in [0.15, 0.2) is 0 Å². The van der Waals surface area contributed by atoms with E-state index >= 15 is 0 Å². The second-order valence-electron chi connectivity index (χ2n) is 10.6. The molecule has 0 saturated carbocycles. The first-order valence-electron chi connectivity index (χ1n) is 14.9. The Bertz CT molecular complexity index is 1440. The maximum absolute atomic E-state index is 12.6. The quantitative estimate of drug-likeness (QED) is 0.215. The van der Waals surface area contributed by atoms with Crippen LogP contribution in [-0.4, -0.2) is 46.0 Å². The third kappa shape index (κ3) is 11.5. The number of anilines is 1. The van der Waals surface area contributed by atoms with Crippen molar-refractivity contribution in [3.8, 4) is 0 Å². The lowest BCUT2D eigenvalue weighted by molar-refractivity contribution is -0.120. The molecule has 0 aliphatic carbocycles. The fourth-order valence-electron chi connectivity index (χ4n) is 4.60. The smallest absolute Gasteiger partial charge is 0.230 e. The van der Waals surface area contributed by atoms with Crippen molar-refractivity contribution in [2.45, 2.75) is 77.6 Å². The van der Waals surface area contributed by atoms with Gasteiger partial charge in [-0.3, -0.25) is 14.4 Å². The van der Waals surface area contributed by atoms with E-state index in [2.05, 4.69) is 43.3 Å². The summed E-state index contributed by atoms with van der Waals surface area (Å²) in [6, 6.07) is 17.2. The summed E-state index contributed by atoms with van der Waals surface area (Å²) in [6.45, 7) is 2.77. The fourth-order valence-corrected chi connectivity index (χ4v) is 5.40. The van der Waals surface area contributed by atoms with Gasteiger partial charge in [-0.2, -0.15) is 5.10 Å². The molecule has 0 unspecified atom stereocenters. The van der Waals surface area contributed by atoms with E-state index in [0.29, 0.717) is 36.8 Å². The summed E-state index contributed by atoms with van der Waals surface area (Å²) in [4.78, 5) is 36.9. The average Bonchev–Trinajstić information content (AvgIpc) is 3.43. The maximum atomic E-state index is 12.6.